The van der Waals surface area contributed by atoms with Gasteiger partial charge in [0.05, 0.1) is 16.3 Å². The number of nitrogens with one attached hydrogen (secondary N) is 2. The molecule has 188 valence electrons. The second-order valence-electron chi connectivity index (χ2n) is 8.16. The molecule has 6 nitrogen and oxygen atoms in total. The number of hydrogen-bond donors (Lipinski definition) is 2. The molecule has 0 aliphatic heterocycles. The maximum absolute atomic E-state index is 12.8. The van der Waals surface area contributed by atoms with Gasteiger partial charge in [-0.3, -0.25) is 9.59 Å². The molecule has 2 amide bonds. The van der Waals surface area contributed by atoms with Crippen LogP contribution in [0.5, 0.6) is 5.75 Å². The highest BCUT2D eigenvalue weighted by Gasteiger charge is 2.24. The van der Waals surface area contributed by atoms with Crippen LogP contribution < -0.4 is 15.5 Å². The highest BCUT2D eigenvalue weighted by molar-refractivity contribution is 6.42. The molecule has 0 aromatic heterocycles. The number of hydrogen-bond acceptors (Lipinski definition) is 4. The van der Waals surface area contributed by atoms with E-state index in [1.165, 1.54) is 24.4 Å². The highest BCUT2D eigenvalue weighted by atomic mass is 35.5. The fourth-order valence-corrected chi connectivity index (χ4v) is 3.86. The standard InChI is InChI=1S/C26H23Cl4N3O3/c1-15(2)24(32-25(34)17-6-8-21(29)22(30)12-17)26(35)33-31-13-18-11-20(28)7-9-23(18)36-14-16-4-3-5-19(27)10-16/h3-13,15,24H,14H2,1-2H3,(H,32,34)(H,33,35). The first kappa shape index (κ1) is 27.8. The maximum atomic E-state index is 12.8. The molecule has 3 rings (SSSR count). The third kappa shape index (κ3) is 7.87. The lowest BCUT2D eigenvalue weighted by molar-refractivity contribution is -0.123. The molecule has 0 saturated carbocycles. The Morgan fingerprint density at radius 3 is 2.39 bits per heavy atom. The minimum absolute atomic E-state index is 0.213. The monoisotopic (exact) mass is 565 g/mol. The quantitative estimate of drug-likeness (QED) is 0.221. The number of hydrazone groups is 1. The molecule has 0 radical (unpaired) electrons. The number of carbonyl (C=O) groups excluding carboxylic acids is 2. The molecule has 10 heteroatoms. The van der Waals surface area contributed by atoms with E-state index in [-0.39, 0.29) is 23.1 Å². The molecule has 2 N–H and O–H groups in total. The van der Waals surface area contributed by atoms with Crippen molar-refractivity contribution in [3.63, 3.8) is 0 Å². The second kappa shape index (κ2) is 13.0. The molecule has 0 bridgehead atoms. The molecule has 0 spiro atoms. The first-order chi connectivity index (χ1) is 17.1. The average Bonchev–Trinajstić information content (AvgIpc) is 2.83. The van der Waals surface area contributed by atoms with Gasteiger partial charge >= 0.3 is 0 Å². The Bertz CT molecular complexity index is 1280. The smallest absolute Gasteiger partial charge is 0.262 e. The fourth-order valence-electron chi connectivity index (χ4n) is 3.17. The summed E-state index contributed by atoms with van der Waals surface area (Å²) in [6, 6.07) is 16.0. The van der Waals surface area contributed by atoms with E-state index >= 15 is 0 Å². The Morgan fingerprint density at radius 1 is 0.944 bits per heavy atom. The van der Waals surface area contributed by atoms with Crippen LogP contribution in [0.25, 0.3) is 0 Å². The lowest BCUT2D eigenvalue weighted by Crippen LogP contribution is -2.48. The van der Waals surface area contributed by atoms with Crippen molar-refractivity contribution in [2.75, 3.05) is 0 Å². The van der Waals surface area contributed by atoms with Gasteiger partial charge in [-0.05, 0) is 60.0 Å². The van der Waals surface area contributed by atoms with Gasteiger partial charge in [0, 0.05) is 21.2 Å². The van der Waals surface area contributed by atoms with Gasteiger partial charge in [0.1, 0.15) is 18.4 Å². The maximum Gasteiger partial charge on any atom is 0.262 e. The summed E-state index contributed by atoms with van der Waals surface area (Å²) in [6.45, 7) is 3.90. The van der Waals surface area contributed by atoms with Gasteiger partial charge in [-0.25, -0.2) is 5.43 Å². The van der Waals surface area contributed by atoms with E-state index in [4.69, 9.17) is 51.1 Å². The van der Waals surface area contributed by atoms with E-state index in [9.17, 15) is 9.59 Å². The Balaban J connectivity index is 1.67. The number of nitrogens with zero attached hydrogens (tertiary/aromatic N) is 1. The Morgan fingerprint density at radius 2 is 1.69 bits per heavy atom. The predicted molar refractivity (Wildman–Crippen MR) is 146 cm³/mol. The minimum Gasteiger partial charge on any atom is -0.488 e. The van der Waals surface area contributed by atoms with Crippen LogP contribution in [0, 0.1) is 5.92 Å². The van der Waals surface area contributed by atoms with Crippen LogP contribution in [0.2, 0.25) is 20.1 Å². The van der Waals surface area contributed by atoms with Crippen molar-refractivity contribution in [2.24, 2.45) is 11.0 Å². The zero-order valence-corrected chi connectivity index (χ0v) is 22.4. The zero-order chi connectivity index (χ0) is 26.2. The lowest BCUT2D eigenvalue weighted by atomic mass is 10.0. The number of amides is 2. The number of rotatable bonds is 9. The summed E-state index contributed by atoms with van der Waals surface area (Å²) in [7, 11) is 0. The van der Waals surface area contributed by atoms with Crippen LogP contribution in [0.1, 0.15) is 35.3 Å². The predicted octanol–water partition coefficient (Wildman–Crippen LogP) is 6.78. The Labute approximate surface area is 229 Å². The van der Waals surface area contributed by atoms with E-state index < -0.39 is 17.9 Å². The topological polar surface area (TPSA) is 79.8 Å². The molecule has 1 unspecified atom stereocenters. The summed E-state index contributed by atoms with van der Waals surface area (Å²) >= 11 is 24.1. The van der Waals surface area contributed by atoms with Gasteiger partial charge in [-0.15, -0.1) is 0 Å². The zero-order valence-electron chi connectivity index (χ0n) is 19.4. The van der Waals surface area contributed by atoms with Gasteiger partial charge in [0.25, 0.3) is 11.8 Å². The first-order valence-electron chi connectivity index (χ1n) is 10.9. The normalized spacial score (nSPS) is 12.0. The summed E-state index contributed by atoms with van der Waals surface area (Å²) in [5.41, 5.74) is 4.21. The molecule has 0 saturated heterocycles. The molecule has 0 aliphatic rings. The summed E-state index contributed by atoms with van der Waals surface area (Å²) in [6.07, 6.45) is 1.43. The summed E-state index contributed by atoms with van der Waals surface area (Å²) < 4.78 is 5.90. The van der Waals surface area contributed by atoms with Crippen LogP contribution in [0.15, 0.2) is 65.8 Å². The molecule has 36 heavy (non-hydrogen) atoms. The van der Waals surface area contributed by atoms with E-state index in [0.29, 0.717) is 26.4 Å². The van der Waals surface area contributed by atoms with Gasteiger partial charge < -0.3 is 10.1 Å². The third-order valence-electron chi connectivity index (χ3n) is 5.05. The van der Waals surface area contributed by atoms with Crippen LogP contribution in [-0.2, 0) is 11.4 Å². The lowest BCUT2D eigenvalue weighted by Gasteiger charge is -2.20. The van der Waals surface area contributed by atoms with Crippen molar-refractivity contribution < 1.29 is 14.3 Å². The van der Waals surface area contributed by atoms with Gasteiger partial charge in [-0.2, -0.15) is 5.10 Å². The van der Waals surface area contributed by atoms with Crippen LogP contribution >= 0.6 is 46.4 Å². The largest absolute Gasteiger partial charge is 0.488 e. The van der Waals surface area contributed by atoms with E-state index in [2.05, 4.69) is 15.8 Å². The molecular weight excluding hydrogens is 544 g/mol. The molecule has 0 fully saturated rings. The summed E-state index contributed by atoms with van der Waals surface area (Å²) in [5, 5.41) is 8.42. The number of halogens is 4. The van der Waals surface area contributed by atoms with Crippen LogP contribution in [0.4, 0.5) is 0 Å². The first-order valence-corrected chi connectivity index (χ1v) is 12.4. The molecule has 3 aromatic carbocycles. The molecule has 3 aromatic rings. The SMILES string of the molecule is CC(C)C(NC(=O)c1ccc(Cl)c(Cl)c1)C(=O)NN=Cc1cc(Cl)ccc1OCc1cccc(Cl)c1. The Kier molecular flexibility index (Phi) is 10.0. The second-order valence-corrected chi connectivity index (χ2v) is 9.85. The van der Waals surface area contributed by atoms with Gasteiger partial charge in [0.15, 0.2) is 0 Å². The molecular formula is C26H23Cl4N3O3. The van der Waals surface area contributed by atoms with Crippen molar-refractivity contribution in [3.05, 3.63) is 97.4 Å². The van der Waals surface area contributed by atoms with Crippen molar-refractivity contribution in [2.45, 2.75) is 26.5 Å². The fraction of sp³-hybridized carbons (Fsp3) is 0.192. The summed E-state index contributed by atoms with van der Waals surface area (Å²) in [4.78, 5) is 25.4. The molecule has 1 atom stereocenters. The molecule has 0 aliphatic carbocycles. The van der Waals surface area contributed by atoms with Crippen molar-refractivity contribution >= 4 is 64.4 Å². The number of ether oxygens (including phenoxy) is 1. The number of carbonyl (C=O) groups is 2. The van der Waals surface area contributed by atoms with Crippen molar-refractivity contribution in [3.8, 4) is 5.75 Å². The van der Waals surface area contributed by atoms with Crippen molar-refractivity contribution in [1.29, 1.82) is 0 Å². The van der Waals surface area contributed by atoms with E-state index in [0.717, 1.165) is 5.56 Å². The highest BCUT2D eigenvalue weighted by Crippen LogP contribution is 2.24. The molecule has 0 heterocycles. The van der Waals surface area contributed by atoms with Gasteiger partial charge in [-0.1, -0.05) is 72.4 Å². The Hall–Kier alpha value is -2.77. The van der Waals surface area contributed by atoms with E-state index in [1.807, 2.05) is 32.0 Å². The average molecular weight is 567 g/mol. The van der Waals surface area contributed by atoms with Crippen LogP contribution in [0.3, 0.4) is 0 Å². The van der Waals surface area contributed by atoms with Gasteiger partial charge in [0.2, 0.25) is 0 Å². The number of benzene rings is 3. The van der Waals surface area contributed by atoms with E-state index in [1.54, 1.807) is 24.3 Å². The summed E-state index contributed by atoms with van der Waals surface area (Å²) in [5.74, 6) is -0.642. The van der Waals surface area contributed by atoms with Crippen molar-refractivity contribution in [1.82, 2.24) is 10.7 Å². The van der Waals surface area contributed by atoms with Crippen LogP contribution in [-0.4, -0.2) is 24.1 Å². The minimum atomic E-state index is -0.845. The third-order valence-corrected chi connectivity index (χ3v) is 6.26.